The van der Waals surface area contributed by atoms with Gasteiger partial charge in [-0.05, 0) is 43.7 Å². The lowest BCUT2D eigenvalue weighted by atomic mass is 9.79. The number of nitrogens with zero attached hydrogens (tertiary/aromatic N) is 1. The van der Waals surface area contributed by atoms with Gasteiger partial charge < -0.3 is 5.32 Å². The molecule has 1 aliphatic rings. The summed E-state index contributed by atoms with van der Waals surface area (Å²) in [5.74, 6) is 1.71. The van der Waals surface area contributed by atoms with Gasteiger partial charge >= 0.3 is 0 Å². The molecule has 2 heteroatoms. The molecule has 18 heavy (non-hydrogen) atoms. The Morgan fingerprint density at radius 1 is 1.22 bits per heavy atom. The summed E-state index contributed by atoms with van der Waals surface area (Å²) in [7, 11) is 0. The smallest absolute Gasteiger partial charge is 0.0570 e. The van der Waals surface area contributed by atoms with E-state index in [9.17, 15) is 0 Å². The average Bonchev–Trinajstić information content (AvgIpc) is 2.40. The maximum Gasteiger partial charge on any atom is 0.0570 e. The van der Waals surface area contributed by atoms with E-state index in [0.29, 0.717) is 12.1 Å². The van der Waals surface area contributed by atoms with Gasteiger partial charge in [-0.25, -0.2) is 0 Å². The van der Waals surface area contributed by atoms with Gasteiger partial charge in [0, 0.05) is 18.3 Å². The predicted molar refractivity (Wildman–Crippen MR) is 76.4 cm³/mol. The van der Waals surface area contributed by atoms with Gasteiger partial charge in [0.15, 0.2) is 0 Å². The Kier molecular flexibility index (Phi) is 4.76. The van der Waals surface area contributed by atoms with Crippen LogP contribution in [0, 0.1) is 11.8 Å². The van der Waals surface area contributed by atoms with Crippen LogP contribution in [0.3, 0.4) is 0 Å². The van der Waals surface area contributed by atoms with Crippen molar-refractivity contribution in [2.24, 2.45) is 11.8 Å². The minimum absolute atomic E-state index is 0.363. The van der Waals surface area contributed by atoms with Gasteiger partial charge in [-0.2, -0.15) is 0 Å². The molecular formula is C16H26N2. The molecule has 2 rings (SSSR count). The van der Waals surface area contributed by atoms with Crippen LogP contribution in [0.15, 0.2) is 24.4 Å². The highest BCUT2D eigenvalue weighted by atomic mass is 15.0. The first-order chi connectivity index (χ1) is 8.66. The average molecular weight is 246 g/mol. The van der Waals surface area contributed by atoms with Crippen LogP contribution in [0.1, 0.15) is 58.2 Å². The van der Waals surface area contributed by atoms with E-state index in [1.165, 1.54) is 25.7 Å². The predicted octanol–water partition coefficient (Wildman–Crippen LogP) is 3.95. The van der Waals surface area contributed by atoms with Crippen LogP contribution in [0.25, 0.3) is 0 Å². The first-order valence-electron chi connectivity index (χ1n) is 7.33. The number of hydrogen-bond acceptors (Lipinski definition) is 2. The third-order valence-electron chi connectivity index (χ3n) is 4.27. The summed E-state index contributed by atoms with van der Waals surface area (Å²) in [5, 5.41) is 3.76. The highest BCUT2D eigenvalue weighted by molar-refractivity contribution is 5.08. The van der Waals surface area contributed by atoms with E-state index in [1.54, 1.807) is 0 Å². The molecule has 0 bridgehead atoms. The Balaban J connectivity index is 1.89. The SMILES string of the molecule is CC(C)C1CCCC(N[C@H](C)c2ccccn2)C1. The Labute approximate surface area is 111 Å². The number of pyridine rings is 1. The maximum absolute atomic E-state index is 4.44. The van der Waals surface area contributed by atoms with Crippen LogP contribution in [0.4, 0.5) is 0 Å². The second kappa shape index (κ2) is 6.33. The number of nitrogens with one attached hydrogen (secondary N) is 1. The zero-order valence-electron chi connectivity index (χ0n) is 11.9. The van der Waals surface area contributed by atoms with Crippen molar-refractivity contribution >= 4 is 0 Å². The number of aromatic nitrogens is 1. The molecule has 1 aliphatic carbocycles. The number of rotatable bonds is 4. The van der Waals surface area contributed by atoms with Gasteiger partial charge in [0.05, 0.1) is 5.69 Å². The Morgan fingerprint density at radius 3 is 2.72 bits per heavy atom. The summed E-state index contributed by atoms with van der Waals surface area (Å²) in [4.78, 5) is 4.44. The molecule has 0 spiro atoms. The van der Waals surface area contributed by atoms with Crippen LogP contribution in [0.2, 0.25) is 0 Å². The topological polar surface area (TPSA) is 24.9 Å². The van der Waals surface area contributed by atoms with Crippen molar-refractivity contribution < 1.29 is 0 Å². The monoisotopic (exact) mass is 246 g/mol. The van der Waals surface area contributed by atoms with Crippen molar-refractivity contribution in [2.75, 3.05) is 0 Å². The van der Waals surface area contributed by atoms with Crippen molar-refractivity contribution in [1.82, 2.24) is 10.3 Å². The molecule has 0 saturated heterocycles. The van der Waals surface area contributed by atoms with Gasteiger partial charge in [-0.15, -0.1) is 0 Å². The first kappa shape index (κ1) is 13.5. The lowest BCUT2D eigenvalue weighted by molar-refractivity contribution is 0.222. The summed E-state index contributed by atoms with van der Waals surface area (Å²) in [5.41, 5.74) is 1.16. The van der Waals surface area contributed by atoms with E-state index in [1.807, 2.05) is 12.3 Å². The highest BCUT2D eigenvalue weighted by Gasteiger charge is 2.25. The van der Waals surface area contributed by atoms with Gasteiger partial charge in [-0.1, -0.05) is 32.8 Å². The van der Waals surface area contributed by atoms with Crippen LogP contribution in [-0.2, 0) is 0 Å². The van der Waals surface area contributed by atoms with E-state index in [0.717, 1.165) is 17.5 Å². The molecule has 3 atom stereocenters. The Morgan fingerprint density at radius 2 is 2.06 bits per heavy atom. The summed E-state index contributed by atoms with van der Waals surface area (Å²) < 4.78 is 0. The third-order valence-corrected chi connectivity index (χ3v) is 4.27. The molecule has 0 radical (unpaired) electrons. The Bertz CT molecular complexity index is 347. The minimum atomic E-state index is 0.363. The molecule has 0 aliphatic heterocycles. The van der Waals surface area contributed by atoms with E-state index < -0.39 is 0 Å². The summed E-state index contributed by atoms with van der Waals surface area (Å²) in [6.07, 6.45) is 7.31. The third kappa shape index (κ3) is 3.55. The molecule has 1 saturated carbocycles. The van der Waals surface area contributed by atoms with Crippen molar-refractivity contribution in [3.63, 3.8) is 0 Å². The second-order valence-electron chi connectivity index (χ2n) is 6.01. The standard InChI is InChI=1S/C16H26N2/c1-12(2)14-7-6-8-15(11-14)18-13(3)16-9-4-5-10-17-16/h4-5,9-10,12-15,18H,6-8,11H2,1-3H3/t13-,14?,15?/m1/s1. The molecule has 1 fully saturated rings. The molecule has 1 N–H and O–H groups in total. The summed E-state index contributed by atoms with van der Waals surface area (Å²) in [6, 6.07) is 7.19. The van der Waals surface area contributed by atoms with Crippen LogP contribution >= 0.6 is 0 Å². The van der Waals surface area contributed by atoms with Crippen molar-refractivity contribution in [1.29, 1.82) is 0 Å². The van der Waals surface area contributed by atoms with Crippen molar-refractivity contribution in [2.45, 2.75) is 58.5 Å². The fraction of sp³-hybridized carbons (Fsp3) is 0.688. The molecular weight excluding hydrogens is 220 g/mol. The van der Waals surface area contributed by atoms with Gasteiger partial charge in [0.25, 0.3) is 0 Å². The van der Waals surface area contributed by atoms with E-state index in [-0.39, 0.29) is 0 Å². The van der Waals surface area contributed by atoms with E-state index >= 15 is 0 Å². The lowest BCUT2D eigenvalue weighted by Crippen LogP contribution is -2.37. The van der Waals surface area contributed by atoms with Gasteiger partial charge in [0.2, 0.25) is 0 Å². The van der Waals surface area contributed by atoms with Crippen molar-refractivity contribution in [3.8, 4) is 0 Å². The summed E-state index contributed by atoms with van der Waals surface area (Å²) >= 11 is 0. The maximum atomic E-state index is 4.44. The molecule has 2 nitrogen and oxygen atoms in total. The lowest BCUT2D eigenvalue weighted by Gasteiger charge is -2.33. The van der Waals surface area contributed by atoms with E-state index in [4.69, 9.17) is 0 Å². The molecule has 1 heterocycles. The zero-order chi connectivity index (χ0) is 13.0. The van der Waals surface area contributed by atoms with Crippen molar-refractivity contribution in [3.05, 3.63) is 30.1 Å². The minimum Gasteiger partial charge on any atom is -0.306 e. The first-order valence-corrected chi connectivity index (χ1v) is 7.33. The second-order valence-corrected chi connectivity index (χ2v) is 6.01. The van der Waals surface area contributed by atoms with E-state index in [2.05, 4.69) is 43.2 Å². The van der Waals surface area contributed by atoms with Crippen LogP contribution in [0.5, 0.6) is 0 Å². The van der Waals surface area contributed by atoms with Crippen LogP contribution < -0.4 is 5.32 Å². The van der Waals surface area contributed by atoms with Crippen LogP contribution in [-0.4, -0.2) is 11.0 Å². The molecule has 1 aromatic heterocycles. The fourth-order valence-corrected chi connectivity index (χ4v) is 3.06. The summed E-state index contributed by atoms with van der Waals surface area (Å²) in [6.45, 7) is 6.94. The zero-order valence-corrected chi connectivity index (χ0v) is 11.9. The highest BCUT2D eigenvalue weighted by Crippen LogP contribution is 2.30. The van der Waals surface area contributed by atoms with Gasteiger partial charge in [0.1, 0.15) is 0 Å². The Hall–Kier alpha value is -0.890. The molecule has 0 aromatic carbocycles. The molecule has 0 amide bonds. The molecule has 2 unspecified atom stereocenters. The molecule has 100 valence electrons. The normalized spacial score (nSPS) is 26.2. The quantitative estimate of drug-likeness (QED) is 0.870. The van der Waals surface area contributed by atoms with Gasteiger partial charge in [-0.3, -0.25) is 4.98 Å². The molecule has 1 aromatic rings. The largest absolute Gasteiger partial charge is 0.306 e. The number of hydrogen-bond donors (Lipinski definition) is 1. The fourth-order valence-electron chi connectivity index (χ4n) is 3.06.